The van der Waals surface area contributed by atoms with E-state index in [9.17, 15) is 14.4 Å². The Kier molecular flexibility index (Phi) is 8.36. The zero-order chi connectivity index (χ0) is 27.2. The number of carbonyl (C=O) groups is 2. The number of piperazine rings is 1. The minimum absolute atomic E-state index is 0.00806. The molecule has 9 heteroatoms. The molecule has 0 bridgehead atoms. The van der Waals surface area contributed by atoms with Crippen LogP contribution in [0.5, 0.6) is 0 Å². The van der Waals surface area contributed by atoms with Gasteiger partial charge in [-0.05, 0) is 17.5 Å². The molecule has 0 N–H and O–H groups in total. The largest absolute Gasteiger partial charge is 0.369 e. The van der Waals surface area contributed by atoms with Crippen LogP contribution < -0.4 is 10.5 Å². The van der Waals surface area contributed by atoms with E-state index in [1.165, 1.54) is 10.2 Å². The molecule has 1 atom stereocenters. The van der Waals surface area contributed by atoms with Gasteiger partial charge in [-0.1, -0.05) is 60.7 Å². The highest BCUT2D eigenvalue weighted by Crippen LogP contribution is 2.23. The lowest BCUT2D eigenvalue weighted by molar-refractivity contribution is -0.142. The van der Waals surface area contributed by atoms with Crippen molar-refractivity contribution in [3.63, 3.8) is 0 Å². The lowest BCUT2D eigenvalue weighted by Gasteiger charge is -2.35. The molecule has 0 aliphatic carbocycles. The second-order valence-electron chi connectivity index (χ2n) is 10.5. The van der Waals surface area contributed by atoms with Crippen molar-refractivity contribution in [2.24, 2.45) is 5.92 Å². The molecule has 0 radical (unpaired) electrons. The number of amides is 2. The van der Waals surface area contributed by atoms with Crippen molar-refractivity contribution < 1.29 is 9.59 Å². The Hall–Kier alpha value is -3.98. The molecule has 0 saturated carbocycles. The molecule has 1 unspecified atom stereocenters. The first-order valence-electron chi connectivity index (χ1n) is 13.6. The second kappa shape index (κ2) is 12.3. The van der Waals surface area contributed by atoms with E-state index in [1.54, 1.807) is 24.2 Å². The molecule has 3 heterocycles. The highest BCUT2D eigenvalue weighted by molar-refractivity contribution is 5.86. The van der Waals surface area contributed by atoms with Crippen LogP contribution in [0.25, 0.3) is 0 Å². The Balaban J connectivity index is 1.09. The zero-order valence-electron chi connectivity index (χ0n) is 22.5. The predicted molar refractivity (Wildman–Crippen MR) is 150 cm³/mol. The molecule has 2 aliphatic heterocycles. The van der Waals surface area contributed by atoms with E-state index in [0.717, 1.165) is 30.9 Å². The Morgan fingerprint density at radius 1 is 0.897 bits per heavy atom. The molecule has 9 nitrogen and oxygen atoms in total. The van der Waals surface area contributed by atoms with Gasteiger partial charge in [0.25, 0.3) is 5.56 Å². The van der Waals surface area contributed by atoms with Crippen LogP contribution in [0.2, 0.25) is 0 Å². The van der Waals surface area contributed by atoms with Gasteiger partial charge in [0.1, 0.15) is 0 Å². The van der Waals surface area contributed by atoms with Crippen LogP contribution in [0.3, 0.4) is 0 Å². The summed E-state index contributed by atoms with van der Waals surface area (Å²) in [7, 11) is 1.71. The summed E-state index contributed by atoms with van der Waals surface area (Å²) in [5.74, 6) is -0.248. The number of benzene rings is 2. The van der Waals surface area contributed by atoms with Crippen molar-refractivity contribution in [1.82, 2.24) is 24.5 Å². The van der Waals surface area contributed by atoms with Gasteiger partial charge >= 0.3 is 0 Å². The fourth-order valence-electron chi connectivity index (χ4n) is 5.36. The third kappa shape index (κ3) is 6.72. The first kappa shape index (κ1) is 26.6. The number of likely N-dealkylation sites (N-methyl/N-ethyl adjacent to an activating group) is 1. The highest BCUT2D eigenvalue weighted by atomic mass is 16.2. The van der Waals surface area contributed by atoms with Crippen LogP contribution in [-0.4, -0.2) is 89.2 Å². The van der Waals surface area contributed by atoms with Gasteiger partial charge in [-0.25, -0.2) is 4.68 Å². The SMILES string of the molecule is CN(CC(=O)N1CCN(Cc2ccccc2)CC1)C(=O)C1CCN(c2cnn(Cc3ccccc3)c(=O)c2)C1. The summed E-state index contributed by atoms with van der Waals surface area (Å²) in [6.07, 6.45) is 2.38. The monoisotopic (exact) mass is 528 g/mol. The summed E-state index contributed by atoms with van der Waals surface area (Å²) in [6.45, 7) is 5.58. The number of nitrogens with zero attached hydrogens (tertiary/aromatic N) is 6. The normalized spacial score (nSPS) is 17.8. The maximum Gasteiger partial charge on any atom is 0.269 e. The number of anilines is 1. The maximum absolute atomic E-state index is 13.2. The Morgan fingerprint density at radius 2 is 1.54 bits per heavy atom. The molecule has 39 heavy (non-hydrogen) atoms. The molecule has 0 spiro atoms. The van der Waals surface area contributed by atoms with Crippen LogP contribution in [0, 0.1) is 5.92 Å². The van der Waals surface area contributed by atoms with Crippen LogP contribution in [0.15, 0.2) is 77.7 Å². The van der Waals surface area contributed by atoms with Crippen LogP contribution in [0.4, 0.5) is 5.69 Å². The van der Waals surface area contributed by atoms with Crippen molar-refractivity contribution in [1.29, 1.82) is 0 Å². The summed E-state index contributed by atoms with van der Waals surface area (Å²) >= 11 is 0. The summed E-state index contributed by atoms with van der Waals surface area (Å²) in [4.78, 5) is 46.6. The molecular weight excluding hydrogens is 492 g/mol. The Morgan fingerprint density at radius 3 is 2.18 bits per heavy atom. The Bertz CT molecular complexity index is 1320. The minimum Gasteiger partial charge on any atom is -0.369 e. The number of hydrogen-bond donors (Lipinski definition) is 0. The molecule has 204 valence electrons. The van der Waals surface area contributed by atoms with E-state index >= 15 is 0 Å². The van der Waals surface area contributed by atoms with Crippen LogP contribution >= 0.6 is 0 Å². The minimum atomic E-state index is -0.211. The summed E-state index contributed by atoms with van der Waals surface area (Å²) in [5.41, 5.74) is 2.85. The van der Waals surface area contributed by atoms with Crippen molar-refractivity contribution in [3.05, 3.63) is 94.4 Å². The number of rotatable bonds is 8. The number of hydrogen-bond acceptors (Lipinski definition) is 6. The Labute approximate surface area is 229 Å². The third-order valence-corrected chi connectivity index (χ3v) is 7.66. The molecule has 5 rings (SSSR count). The summed E-state index contributed by atoms with van der Waals surface area (Å²) in [5, 5.41) is 4.36. The van der Waals surface area contributed by atoms with Crippen molar-refractivity contribution in [2.45, 2.75) is 19.5 Å². The van der Waals surface area contributed by atoms with E-state index < -0.39 is 0 Å². The second-order valence-corrected chi connectivity index (χ2v) is 10.5. The molecule has 1 aromatic heterocycles. The molecule has 3 aromatic rings. The quantitative estimate of drug-likeness (QED) is 0.445. The lowest BCUT2D eigenvalue weighted by Crippen LogP contribution is -2.51. The third-order valence-electron chi connectivity index (χ3n) is 7.66. The fraction of sp³-hybridized carbons (Fsp3) is 0.400. The van der Waals surface area contributed by atoms with E-state index in [0.29, 0.717) is 39.1 Å². The van der Waals surface area contributed by atoms with Gasteiger partial charge in [-0.2, -0.15) is 5.10 Å². The van der Waals surface area contributed by atoms with E-state index in [-0.39, 0.29) is 29.8 Å². The summed E-state index contributed by atoms with van der Waals surface area (Å²) in [6, 6.07) is 21.7. The van der Waals surface area contributed by atoms with Crippen molar-refractivity contribution >= 4 is 17.5 Å². The fourth-order valence-corrected chi connectivity index (χ4v) is 5.36. The topological polar surface area (TPSA) is 82.0 Å². The first-order chi connectivity index (χ1) is 19.0. The molecule has 2 aliphatic rings. The first-order valence-corrected chi connectivity index (χ1v) is 13.6. The van der Waals surface area contributed by atoms with E-state index in [1.807, 2.05) is 58.3 Å². The van der Waals surface area contributed by atoms with Gasteiger partial charge in [0.05, 0.1) is 30.9 Å². The van der Waals surface area contributed by atoms with Gasteiger partial charge in [0, 0.05) is 58.9 Å². The van der Waals surface area contributed by atoms with Gasteiger partial charge in [0.2, 0.25) is 11.8 Å². The van der Waals surface area contributed by atoms with Gasteiger partial charge in [-0.3, -0.25) is 19.3 Å². The van der Waals surface area contributed by atoms with Crippen LogP contribution in [-0.2, 0) is 22.7 Å². The average Bonchev–Trinajstić information content (AvgIpc) is 3.45. The summed E-state index contributed by atoms with van der Waals surface area (Å²) < 4.78 is 1.44. The molecule has 2 amide bonds. The van der Waals surface area contributed by atoms with Gasteiger partial charge in [-0.15, -0.1) is 0 Å². The lowest BCUT2D eigenvalue weighted by atomic mass is 10.1. The maximum atomic E-state index is 13.2. The van der Waals surface area contributed by atoms with Crippen LogP contribution in [0.1, 0.15) is 17.5 Å². The smallest absolute Gasteiger partial charge is 0.269 e. The molecular formula is C30H36N6O3. The van der Waals surface area contributed by atoms with E-state index in [2.05, 4.69) is 22.1 Å². The molecule has 2 aromatic carbocycles. The van der Waals surface area contributed by atoms with Gasteiger partial charge < -0.3 is 14.7 Å². The molecule has 2 fully saturated rings. The van der Waals surface area contributed by atoms with Crippen molar-refractivity contribution in [3.8, 4) is 0 Å². The highest BCUT2D eigenvalue weighted by Gasteiger charge is 2.32. The molecule has 2 saturated heterocycles. The van der Waals surface area contributed by atoms with Crippen molar-refractivity contribution in [2.75, 3.05) is 57.8 Å². The average molecular weight is 529 g/mol. The van der Waals surface area contributed by atoms with E-state index in [4.69, 9.17) is 0 Å². The zero-order valence-corrected chi connectivity index (χ0v) is 22.5. The number of carbonyl (C=O) groups excluding carboxylic acids is 2. The predicted octanol–water partition coefficient (Wildman–Crippen LogP) is 1.92. The van der Waals surface area contributed by atoms with Gasteiger partial charge in [0.15, 0.2) is 0 Å². The standard InChI is InChI=1S/C30H36N6O3/c1-32(23-29(38)34-16-14-33(15-17-34)20-24-8-4-2-5-9-24)30(39)26-12-13-35(22-26)27-18-28(37)36(31-19-27)21-25-10-6-3-7-11-25/h2-11,18-19,26H,12-17,20-23H2,1H3. The number of aromatic nitrogens is 2.